The molecule has 1 atom stereocenters. The van der Waals surface area contributed by atoms with Crippen molar-refractivity contribution in [1.82, 2.24) is 0 Å². The number of ether oxygens (including phenoxy) is 1. The highest BCUT2D eigenvalue weighted by Gasteiger charge is 2.47. The lowest BCUT2D eigenvalue weighted by Gasteiger charge is -2.27. The maximum absolute atomic E-state index is 13.7. The maximum Gasteiger partial charge on any atom is 0.295 e. The quantitative estimate of drug-likeness (QED) is 0.562. The number of anilines is 1. The summed E-state index contributed by atoms with van der Waals surface area (Å²) in [6, 6.07) is 19.4. The van der Waals surface area contributed by atoms with Gasteiger partial charge in [0.05, 0.1) is 12.0 Å². The van der Waals surface area contributed by atoms with E-state index in [1.807, 2.05) is 26.0 Å². The van der Waals surface area contributed by atoms with Gasteiger partial charge in [-0.2, -0.15) is 0 Å². The molecule has 0 bridgehead atoms. The number of sulfone groups is 1. The summed E-state index contributed by atoms with van der Waals surface area (Å²) in [5, 5.41) is 10.9. The highest BCUT2D eigenvalue weighted by atomic mass is 32.2. The minimum absolute atomic E-state index is 0.0177. The van der Waals surface area contributed by atoms with E-state index in [4.69, 9.17) is 4.74 Å². The van der Waals surface area contributed by atoms with Crippen molar-refractivity contribution in [2.24, 2.45) is 0 Å². The zero-order valence-electron chi connectivity index (χ0n) is 18.6. The number of rotatable bonds is 6. The number of amides is 1. The zero-order valence-corrected chi connectivity index (χ0v) is 19.5. The molecule has 1 amide bonds. The van der Waals surface area contributed by atoms with Gasteiger partial charge in [-0.1, -0.05) is 48.9 Å². The van der Waals surface area contributed by atoms with Gasteiger partial charge in [0, 0.05) is 5.69 Å². The van der Waals surface area contributed by atoms with Crippen LogP contribution < -0.4 is 9.64 Å². The summed E-state index contributed by atoms with van der Waals surface area (Å²) in [6.45, 7) is 3.88. The fourth-order valence-electron chi connectivity index (χ4n) is 3.95. The number of aliphatic hydroxyl groups excluding tert-OH is 1. The SMILES string of the molecule is CCc1ccc(N2C(=O)C(O)=C(S(=O)(=O)c3ccc(C)cc3)C2c2ccc(OC)cc2)cc1. The van der Waals surface area contributed by atoms with Gasteiger partial charge in [-0.15, -0.1) is 0 Å². The van der Waals surface area contributed by atoms with Gasteiger partial charge in [0.2, 0.25) is 9.84 Å². The van der Waals surface area contributed by atoms with E-state index in [9.17, 15) is 18.3 Å². The van der Waals surface area contributed by atoms with E-state index < -0.39 is 27.5 Å². The second-order valence-corrected chi connectivity index (χ2v) is 9.82. The Morgan fingerprint density at radius 1 is 0.939 bits per heavy atom. The Morgan fingerprint density at radius 3 is 2.09 bits per heavy atom. The molecule has 33 heavy (non-hydrogen) atoms. The van der Waals surface area contributed by atoms with E-state index in [0.717, 1.165) is 17.5 Å². The van der Waals surface area contributed by atoms with Crippen LogP contribution in [0, 0.1) is 6.92 Å². The minimum atomic E-state index is -4.17. The Hall–Kier alpha value is -3.58. The molecule has 1 aliphatic heterocycles. The third-order valence-corrected chi connectivity index (χ3v) is 7.72. The van der Waals surface area contributed by atoms with Crippen molar-refractivity contribution in [3.8, 4) is 5.75 Å². The van der Waals surface area contributed by atoms with Crippen molar-refractivity contribution in [1.29, 1.82) is 0 Å². The smallest absolute Gasteiger partial charge is 0.295 e. The van der Waals surface area contributed by atoms with Gasteiger partial charge in [-0.25, -0.2) is 8.42 Å². The van der Waals surface area contributed by atoms with Crippen molar-refractivity contribution in [2.75, 3.05) is 12.0 Å². The molecule has 0 saturated carbocycles. The number of aliphatic hydroxyl groups is 1. The normalized spacial score (nSPS) is 16.4. The summed E-state index contributed by atoms with van der Waals surface area (Å²) in [5.74, 6) is -0.931. The second-order valence-electron chi connectivity index (χ2n) is 7.90. The Balaban J connectivity index is 1.90. The Bertz CT molecular complexity index is 1310. The number of hydrogen-bond acceptors (Lipinski definition) is 5. The minimum Gasteiger partial charge on any atom is -0.502 e. The molecule has 0 aliphatic carbocycles. The van der Waals surface area contributed by atoms with Gasteiger partial charge in [0.25, 0.3) is 5.91 Å². The first-order valence-corrected chi connectivity index (χ1v) is 12.1. The van der Waals surface area contributed by atoms with Crippen LogP contribution in [0.15, 0.2) is 88.4 Å². The van der Waals surface area contributed by atoms with Gasteiger partial charge in [0.1, 0.15) is 16.7 Å². The fraction of sp³-hybridized carbons (Fsp3) is 0.192. The molecule has 0 fully saturated rings. The monoisotopic (exact) mass is 463 g/mol. The van der Waals surface area contributed by atoms with Crippen LogP contribution >= 0.6 is 0 Å². The molecule has 0 spiro atoms. The largest absolute Gasteiger partial charge is 0.502 e. The molecule has 6 nitrogen and oxygen atoms in total. The molecule has 0 radical (unpaired) electrons. The molecule has 4 rings (SSSR count). The van der Waals surface area contributed by atoms with Crippen molar-refractivity contribution in [2.45, 2.75) is 31.2 Å². The summed E-state index contributed by atoms with van der Waals surface area (Å²) in [6.07, 6.45) is 0.826. The first kappa shape index (κ1) is 22.6. The number of nitrogens with zero attached hydrogens (tertiary/aromatic N) is 1. The Kier molecular flexibility index (Phi) is 5.99. The Labute approximate surface area is 193 Å². The molecular formula is C26H25NO5S. The standard InChI is InChI=1S/C26H25NO5S/c1-4-18-7-11-20(12-8-18)27-23(19-9-13-21(32-3)14-10-19)25(24(28)26(27)29)33(30,31)22-15-5-17(2)6-16-22/h5-16,23,28H,4H2,1-3H3. The fourth-order valence-corrected chi connectivity index (χ4v) is 5.57. The van der Waals surface area contributed by atoms with Gasteiger partial charge in [-0.05, 0) is 60.9 Å². The number of carbonyl (C=O) groups is 1. The van der Waals surface area contributed by atoms with Gasteiger partial charge in [0.15, 0.2) is 5.76 Å². The molecule has 0 aromatic heterocycles. The summed E-state index contributed by atoms with van der Waals surface area (Å²) in [5.41, 5.74) is 3.02. The van der Waals surface area contributed by atoms with E-state index in [0.29, 0.717) is 17.0 Å². The number of aryl methyl sites for hydroxylation is 2. The summed E-state index contributed by atoms with van der Waals surface area (Å²) in [7, 11) is -2.63. The van der Waals surface area contributed by atoms with Crippen LogP contribution in [-0.2, 0) is 21.1 Å². The second kappa shape index (κ2) is 8.75. The lowest BCUT2D eigenvalue weighted by Crippen LogP contribution is -2.31. The third kappa shape index (κ3) is 4.00. The van der Waals surface area contributed by atoms with Crippen LogP contribution in [0.25, 0.3) is 0 Å². The molecule has 3 aromatic carbocycles. The molecule has 1 N–H and O–H groups in total. The molecular weight excluding hydrogens is 438 g/mol. The van der Waals surface area contributed by atoms with Crippen LogP contribution in [0.4, 0.5) is 5.69 Å². The topological polar surface area (TPSA) is 83.9 Å². The molecule has 7 heteroatoms. The van der Waals surface area contributed by atoms with Gasteiger partial charge >= 0.3 is 0 Å². The van der Waals surface area contributed by atoms with E-state index in [1.54, 1.807) is 48.5 Å². The summed E-state index contributed by atoms with van der Waals surface area (Å²) in [4.78, 5) is 14.3. The molecule has 1 unspecified atom stereocenters. The number of benzene rings is 3. The molecule has 170 valence electrons. The predicted molar refractivity (Wildman–Crippen MR) is 127 cm³/mol. The predicted octanol–water partition coefficient (Wildman–Crippen LogP) is 4.90. The first-order chi connectivity index (χ1) is 15.8. The van der Waals surface area contributed by atoms with E-state index in [2.05, 4.69) is 0 Å². The molecule has 1 heterocycles. The van der Waals surface area contributed by atoms with Crippen molar-refractivity contribution in [3.05, 3.63) is 100 Å². The van der Waals surface area contributed by atoms with Crippen LogP contribution in [0.5, 0.6) is 5.75 Å². The zero-order chi connectivity index (χ0) is 23.8. The molecule has 1 aliphatic rings. The van der Waals surface area contributed by atoms with Gasteiger partial charge in [-0.3, -0.25) is 9.69 Å². The highest BCUT2D eigenvalue weighted by molar-refractivity contribution is 7.95. The maximum atomic E-state index is 13.7. The van der Waals surface area contributed by atoms with Crippen LogP contribution in [0.2, 0.25) is 0 Å². The lowest BCUT2D eigenvalue weighted by molar-refractivity contribution is -0.117. The van der Waals surface area contributed by atoms with Crippen molar-refractivity contribution >= 4 is 21.4 Å². The lowest BCUT2D eigenvalue weighted by atomic mass is 10.1. The summed E-state index contributed by atoms with van der Waals surface area (Å²) < 4.78 is 32.6. The van der Waals surface area contributed by atoms with Crippen LogP contribution in [0.1, 0.15) is 29.7 Å². The number of carbonyl (C=O) groups excluding carboxylic acids is 1. The third-order valence-electron chi connectivity index (χ3n) is 5.84. The molecule has 0 saturated heterocycles. The first-order valence-electron chi connectivity index (χ1n) is 10.6. The van der Waals surface area contributed by atoms with E-state index in [-0.39, 0.29) is 9.80 Å². The van der Waals surface area contributed by atoms with Crippen molar-refractivity contribution < 1.29 is 23.1 Å². The van der Waals surface area contributed by atoms with E-state index in [1.165, 1.54) is 24.1 Å². The average Bonchev–Trinajstić information content (AvgIpc) is 3.10. The van der Waals surface area contributed by atoms with Crippen molar-refractivity contribution in [3.63, 3.8) is 0 Å². The van der Waals surface area contributed by atoms with Crippen LogP contribution in [0.3, 0.4) is 0 Å². The Morgan fingerprint density at radius 2 is 1.55 bits per heavy atom. The van der Waals surface area contributed by atoms with E-state index >= 15 is 0 Å². The molecule has 3 aromatic rings. The highest BCUT2D eigenvalue weighted by Crippen LogP contribution is 2.45. The number of hydrogen-bond donors (Lipinski definition) is 1. The van der Waals surface area contributed by atoms with Crippen LogP contribution in [-0.4, -0.2) is 26.5 Å². The van der Waals surface area contributed by atoms with Gasteiger partial charge < -0.3 is 9.84 Å². The average molecular weight is 464 g/mol. The number of methoxy groups -OCH3 is 1. The summed E-state index contributed by atoms with van der Waals surface area (Å²) >= 11 is 0.